The zero-order valence-electron chi connectivity index (χ0n) is 35.8. The molecule has 0 saturated carbocycles. The zero-order valence-corrected chi connectivity index (χ0v) is 36.7. The molecule has 1 aliphatic rings. The summed E-state index contributed by atoms with van der Waals surface area (Å²) < 4.78 is 39.6. The molecule has 1 rings (SSSR count). The highest BCUT2D eigenvalue weighted by molar-refractivity contribution is 7.45. The normalized spacial score (nSPS) is 17.5. The number of phosphoric acid groups is 1. The Morgan fingerprint density at radius 2 is 1.16 bits per heavy atom. The summed E-state index contributed by atoms with van der Waals surface area (Å²) in [6, 6.07) is 0. The van der Waals surface area contributed by atoms with Crippen LogP contribution in [0.4, 0.5) is 0 Å². The fourth-order valence-corrected chi connectivity index (χ4v) is 6.97. The number of phosphoric ester groups is 1. The smallest absolute Gasteiger partial charge is 0.306 e. The van der Waals surface area contributed by atoms with Crippen LogP contribution in [0.3, 0.4) is 0 Å². The molecule has 0 amide bonds. The van der Waals surface area contributed by atoms with E-state index in [2.05, 4.69) is 38.2 Å². The number of hydrogen-bond donors (Lipinski definition) is 0. The molecule has 55 heavy (non-hydrogen) atoms. The van der Waals surface area contributed by atoms with Gasteiger partial charge in [0.05, 0.1) is 40.0 Å². The largest absolute Gasteiger partial charge is 0.756 e. The number of esters is 2. The quantitative estimate of drug-likeness (QED) is 0.0149. The lowest BCUT2D eigenvalue weighted by Gasteiger charge is -2.28. The topological polar surface area (TPSA) is 124 Å². The highest BCUT2D eigenvalue weighted by atomic mass is 31.2. The van der Waals surface area contributed by atoms with Crippen molar-refractivity contribution in [1.29, 1.82) is 0 Å². The molecule has 0 aromatic heterocycles. The third kappa shape index (κ3) is 34.2. The maximum Gasteiger partial charge on any atom is 0.306 e. The van der Waals surface area contributed by atoms with Crippen molar-refractivity contribution >= 4 is 19.8 Å². The van der Waals surface area contributed by atoms with Gasteiger partial charge in [-0.05, 0) is 64.2 Å². The second kappa shape index (κ2) is 33.4. The van der Waals surface area contributed by atoms with E-state index >= 15 is 0 Å². The van der Waals surface area contributed by atoms with Gasteiger partial charge < -0.3 is 32.6 Å². The van der Waals surface area contributed by atoms with Crippen LogP contribution in [0.15, 0.2) is 24.3 Å². The van der Waals surface area contributed by atoms with E-state index in [4.69, 9.17) is 23.3 Å². The molecule has 0 aromatic carbocycles. The number of likely N-dealkylation sites (N-methyl/N-ethyl adjacent to an activating group) is 1. The lowest BCUT2D eigenvalue weighted by molar-refractivity contribution is -0.870. The Balaban J connectivity index is 2.28. The van der Waals surface area contributed by atoms with E-state index < -0.39 is 32.5 Å². The van der Waals surface area contributed by atoms with Crippen LogP contribution in [0.25, 0.3) is 0 Å². The van der Waals surface area contributed by atoms with Crippen LogP contribution < -0.4 is 4.89 Å². The molecule has 0 N–H and O–H groups in total. The first-order valence-electron chi connectivity index (χ1n) is 22.2. The summed E-state index contributed by atoms with van der Waals surface area (Å²) in [5, 5.41) is 0. The first kappa shape index (κ1) is 51.5. The van der Waals surface area contributed by atoms with Gasteiger partial charge in [0.2, 0.25) is 0 Å². The lowest BCUT2D eigenvalue weighted by Crippen LogP contribution is -2.37. The predicted molar refractivity (Wildman–Crippen MR) is 222 cm³/mol. The van der Waals surface area contributed by atoms with E-state index in [0.717, 1.165) is 64.2 Å². The summed E-state index contributed by atoms with van der Waals surface area (Å²) in [6.07, 6.45) is 36.5. The Hall–Kier alpha value is -1.55. The van der Waals surface area contributed by atoms with Gasteiger partial charge in [0.15, 0.2) is 6.10 Å². The average molecular weight is 800 g/mol. The highest BCUT2D eigenvalue weighted by Crippen LogP contribution is 2.38. The van der Waals surface area contributed by atoms with Crippen molar-refractivity contribution in [2.75, 3.05) is 47.5 Å². The Kier molecular flexibility index (Phi) is 31.3. The van der Waals surface area contributed by atoms with Crippen LogP contribution in [-0.2, 0) is 37.4 Å². The van der Waals surface area contributed by atoms with E-state index in [-0.39, 0.29) is 26.1 Å². The number of unbranched alkanes of at least 4 members (excludes halogenated alkanes) is 18. The second-order valence-electron chi connectivity index (χ2n) is 16.4. The summed E-state index contributed by atoms with van der Waals surface area (Å²) in [5.41, 5.74) is 0. The van der Waals surface area contributed by atoms with E-state index in [0.29, 0.717) is 36.1 Å². The van der Waals surface area contributed by atoms with Gasteiger partial charge in [-0.1, -0.05) is 128 Å². The number of carbonyl (C=O) groups is 2. The minimum atomic E-state index is -4.63. The minimum absolute atomic E-state index is 0.0356. The number of hydrogen-bond acceptors (Lipinski definition) is 9. The summed E-state index contributed by atoms with van der Waals surface area (Å²) >= 11 is 0. The van der Waals surface area contributed by atoms with Crippen LogP contribution in [0.5, 0.6) is 0 Å². The Morgan fingerprint density at radius 1 is 0.655 bits per heavy atom. The second-order valence-corrected chi connectivity index (χ2v) is 17.9. The Bertz CT molecular complexity index is 1060. The van der Waals surface area contributed by atoms with E-state index in [1.54, 1.807) is 0 Å². The van der Waals surface area contributed by atoms with Crippen LogP contribution in [0.1, 0.15) is 181 Å². The molecule has 322 valence electrons. The monoisotopic (exact) mass is 800 g/mol. The first-order valence-corrected chi connectivity index (χ1v) is 23.6. The molecule has 3 unspecified atom stereocenters. The molecule has 0 aliphatic carbocycles. The van der Waals surface area contributed by atoms with Crippen LogP contribution in [0, 0.1) is 0 Å². The third-order valence-corrected chi connectivity index (χ3v) is 10.8. The van der Waals surface area contributed by atoms with Gasteiger partial charge >= 0.3 is 11.9 Å². The summed E-state index contributed by atoms with van der Waals surface area (Å²) in [5.74, 6) is -0.859. The highest BCUT2D eigenvalue weighted by Gasteiger charge is 2.36. The average Bonchev–Trinajstić information content (AvgIpc) is 3.89. The third-order valence-electron chi connectivity index (χ3n) is 9.87. The lowest BCUT2D eigenvalue weighted by atomic mass is 10.1. The van der Waals surface area contributed by atoms with Crippen LogP contribution in [-0.4, -0.2) is 82.2 Å². The molecule has 0 spiro atoms. The first-order chi connectivity index (χ1) is 26.5. The van der Waals surface area contributed by atoms with Gasteiger partial charge in [-0.25, -0.2) is 0 Å². The SMILES string of the molecule is CCCCCC/C=C\CCCCCCCCCC(=O)O[C@H](COC(=O)CCCCCCC/C=C\CC1OC1CCCCC)COP(=O)([O-])OCC[N+](C)(C)C. The number of quaternary nitrogens is 1. The molecule has 10 nitrogen and oxygen atoms in total. The molecular weight excluding hydrogens is 717 g/mol. The van der Waals surface area contributed by atoms with Gasteiger partial charge in [-0.2, -0.15) is 0 Å². The van der Waals surface area contributed by atoms with Crippen molar-refractivity contribution < 1.29 is 46.8 Å². The van der Waals surface area contributed by atoms with Crippen molar-refractivity contribution in [3.05, 3.63) is 24.3 Å². The predicted octanol–water partition coefficient (Wildman–Crippen LogP) is 10.7. The van der Waals surface area contributed by atoms with Crippen molar-refractivity contribution in [2.45, 2.75) is 199 Å². The Morgan fingerprint density at radius 3 is 1.75 bits per heavy atom. The molecule has 11 heteroatoms. The molecule has 1 aliphatic heterocycles. The van der Waals surface area contributed by atoms with Gasteiger partial charge in [-0.15, -0.1) is 0 Å². The number of allylic oxidation sites excluding steroid dienone is 3. The number of rotatable bonds is 39. The summed E-state index contributed by atoms with van der Waals surface area (Å²) in [6.45, 7) is 4.16. The van der Waals surface area contributed by atoms with E-state index in [1.807, 2.05) is 21.1 Å². The number of ether oxygens (including phenoxy) is 3. The zero-order chi connectivity index (χ0) is 40.5. The minimum Gasteiger partial charge on any atom is -0.756 e. The van der Waals surface area contributed by atoms with Crippen molar-refractivity contribution in [3.63, 3.8) is 0 Å². The molecule has 0 bridgehead atoms. The number of nitrogens with zero attached hydrogens (tertiary/aromatic N) is 1. The fraction of sp³-hybridized carbons (Fsp3) is 0.864. The Labute approximate surface area is 336 Å². The van der Waals surface area contributed by atoms with Crippen molar-refractivity contribution in [1.82, 2.24) is 0 Å². The molecule has 1 fully saturated rings. The molecule has 1 saturated heterocycles. The van der Waals surface area contributed by atoms with Crippen molar-refractivity contribution in [2.24, 2.45) is 0 Å². The van der Waals surface area contributed by atoms with E-state index in [1.165, 1.54) is 77.0 Å². The van der Waals surface area contributed by atoms with Gasteiger partial charge in [0.1, 0.15) is 19.8 Å². The molecular formula is C44H82NO9P. The maximum absolute atomic E-state index is 12.7. The van der Waals surface area contributed by atoms with Crippen LogP contribution >= 0.6 is 7.82 Å². The molecule has 4 atom stereocenters. The number of carbonyl (C=O) groups excluding carboxylic acids is 2. The van der Waals surface area contributed by atoms with E-state index in [9.17, 15) is 19.0 Å². The fourth-order valence-electron chi connectivity index (χ4n) is 6.24. The number of epoxide rings is 1. The summed E-state index contributed by atoms with van der Waals surface area (Å²) in [4.78, 5) is 37.5. The van der Waals surface area contributed by atoms with Gasteiger partial charge in [-0.3, -0.25) is 14.2 Å². The molecule has 0 radical (unpaired) electrons. The molecule has 1 heterocycles. The van der Waals surface area contributed by atoms with Gasteiger partial charge in [0, 0.05) is 12.8 Å². The standard InChI is InChI=1S/C44H82NO9P/c1-6-8-10-11-12-13-14-15-16-17-18-19-24-27-31-35-44(47)53-40(39-52-55(48,49)51-37-36-45(3,4)5)38-50-43(46)34-30-26-23-21-20-22-25-29-33-42-41(54-42)32-28-9-7-2/h13-14,25,29,40-42H,6-12,15-24,26-28,30-39H2,1-5H3/b14-13-,29-25-/t40-,41?,42?/m1/s1. The van der Waals surface area contributed by atoms with Gasteiger partial charge in [0.25, 0.3) is 7.82 Å². The molecule has 0 aromatic rings. The summed E-state index contributed by atoms with van der Waals surface area (Å²) in [7, 11) is 1.15. The van der Waals surface area contributed by atoms with Crippen molar-refractivity contribution in [3.8, 4) is 0 Å². The van der Waals surface area contributed by atoms with Crippen LogP contribution in [0.2, 0.25) is 0 Å². The maximum atomic E-state index is 12.7.